The molecule has 38 heavy (non-hydrogen) atoms. The molecule has 1 aliphatic heterocycles. The number of anilines is 1. The number of phenolic OH excluding ortho intramolecular Hbond substituents is 1. The molecule has 13 nitrogen and oxygen atoms in total. The summed E-state index contributed by atoms with van der Waals surface area (Å²) in [5, 5.41) is 30.5. The van der Waals surface area contributed by atoms with Crippen LogP contribution < -0.4 is 26.8 Å². The fraction of sp³-hybridized carbons (Fsp3) is 0.348. The number of nitrogens with one attached hydrogen (secondary N) is 5. The highest BCUT2D eigenvalue weighted by atomic mass is 35.5. The second-order valence-electron chi connectivity index (χ2n) is 8.12. The molecule has 1 unspecified atom stereocenters. The highest BCUT2D eigenvalue weighted by Gasteiger charge is 2.24. The second kappa shape index (κ2) is 13.1. The van der Waals surface area contributed by atoms with Gasteiger partial charge >= 0.3 is 5.97 Å². The molecule has 2 heterocycles. The van der Waals surface area contributed by atoms with Crippen molar-refractivity contribution in [2.75, 3.05) is 31.6 Å². The Morgan fingerprint density at radius 2 is 2.03 bits per heavy atom. The summed E-state index contributed by atoms with van der Waals surface area (Å²) in [6.45, 7) is 1.63. The molecule has 2 atom stereocenters. The number of amides is 2. The van der Waals surface area contributed by atoms with Gasteiger partial charge in [-0.15, -0.1) is 0 Å². The number of aliphatic imine (C=N–C) groups is 1. The number of hydrogen-bond donors (Lipinski definition) is 7. The number of aliphatic hydroxyl groups excluding tert-OH is 1. The van der Waals surface area contributed by atoms with Crippen LogP contribution in [-0.4, -0.2) is 71.3 Å². The third-order valence-electron chi connectivity index (χ3n) is 5.24. The second-order valence-corrected chi connectivity index (χ2v) is 8.96. The highest BCUT2D eigenvalue weighted by molar-refractivity contribution is 6.35. The van der Waals surface area contributed by atoms with Crippen molar-refractivity contribution in [1.29, 1.82) is 0 Å². The van der Waals surface area contributed by atoms with E-state index in [0.29, 0.717) is 0 Å². The first kappa shape index (κ1) is 28.8. The largest absolute Gasteiger partial charge is 0.506 e. The third kappa shape index (κ3) is 7.84. The lowest BCUT2D eigenvalue weighted by molar-refractivity contribution is -0.143. The molecule has 1 aliphatic rings. The molecule has 3 rings (SSSR count). The van der Waals surface area contributed by atoms with Gasteiger partial charge in [0.2, 0.25) is 5.91 Å². The van der Waals surface area contributed by atoms with Crippen molar-refractivity contribution >= 4 is 52.6 Å². The van der Waals surface area contributed by atoms with E-state index < -0.39 is 42.0 Å². The van der Waals surface area contributed by atoms with Gasteiger partial charge in [0.1, 0.15) is 11.4 Å². The molecular formula is C23H26Cl2N6O7. The molecule has 7 N–H and O–H groups in total. The predicted molar refractivity (Wildman–Crippen MR) is 140 cm³/mol. The van der Waals surface area contributed by atoms with Crippen LogP contribution in [0.1, 0.15) is 35.3 Å². The summed E-state index contributed by atoms with van der Waals surface area (Å²) < 4.78 is 4.94. The maximum absolute atomic E-state index is 12.7. The van der Waals surface area contributed by atoms with E-state index in [4.69, 9.17) is 27.9 Å². The Labute approximate surface area is 226 Å². The van der Waals surface area contributed by atoms with Crippen LogP contribution >= 0.6 is 23.2 Å². The van der Waals surface area contributed by atoms with Crippen molar-refractivity contribution < 1.29 is 29.3 Å². The normalized spacial score (nSPS) is 15.5. The fourth-order valence-corrected chi connectivity index (χ4v) is 3.94. The minimum atomic E-state index is -1.05. The SMILES string of the molecule is CCOC(=O)C[C@@H](NC(=O)CNC(=O)c1c[nH]c(=O)c(NC2=NCC(O)CN2)c1)c1cc(Cl)cc(Cl)c1O. The monoisotopic (exact) mass is 568 g/mol. The number of esters is 1. The van der Waals surface area contributed by atoms with Crippen molar-refractivity contribution in [3.8, 4) is 5.75 Å². The molecule has 1 aromatic carbocycles. The minimum Gasteiger partial charge on any atom is -0.506 e. The van der Waals surface area contributed by atoms with Gasteiger partial charge in [0, 0.05) is 23.3 Å². The molecule has 2 aromatic rings. The number of guanidine groups is 1. The number of benzene rings is 1. The van der Waals surface area contributed by atoms with E-state index in [-0.39, 0.29) is 64.7 Å². The van der Waals surface area contributed by atoms with E-state index in [9.17, 15) is 29.4 Å². The molecule has 0 spiro atoms. The Morgan fingerprint density at radius 1 is 1.26 bits per heavy atom. The van der Waals surface area contributed by atoms with E-state index in [1.165, 1.54) is 24.4 Å². The first-order valence-corrected chi connectivity index (χ1v) is 12.2. The van der Waals surface area contributed by atoms with Crippen molar-refractivity contribution in [3.05, 3.63) is 55.9 Å². The number of aliphatic hydroxyl groups is 1. The van der Waals surface area contributed by atoms with E-state index in [1.807, 2.05) is 0 Å². The maximum atomic E-state index is 12.7. The van der Waals surface area contributed by atoms with Crippen LogP contribution in [0.2, 0.25) is 10.0 Å². The lowest BCUT2D eigenvalue weighted by Gasteiger charge is -2.20. The number of pyridine rings is 1. The van der Waals surface area contributed by atoms with Gasteiger partial charge < -0.3 is 41.2 Å². The summed E-state index contributed by atoms with van der Waals surface area (Å²) in [6, 6.07) is 2.88. The van der Waals surface area contributed by atoms with Gasteiger partial charge in [-0.25, -0.2) is 0 Å². The van der Waals surface area contributed by atoms with Gasteiger partial charge in [-0.3, -0.25) is 24.2 Å². The Morgan fingerprint density at radius 3 is 2.71 bits per heavy atom. The van der Waals surface area contributed by atoms with Crippen molar-refractivity contribution in [1.82, 2.24) is 20.9 Å². The molecule has 0 saturated heterocycles. The van der Waals surface area contributed by atoms with Crippen LogP contribution in [0, 0.1) is 0 Å². The lowest BCUT2D eigenvalue weighted by Crippen LogP contribution is -2.43. The topological polar surface area (TPSA) is 194 Å². The average Bonchev–Trinajstić information content (AvgIpc) is 2.87. The Bertz CT molecular complexity index is 1300. The fourth-order valence-electron chi connectivity index (χ4n) is 3.44. The molecule has 2 amide bonds. The van der Waals surface area contributed by atoms with Crippen LogP contribution in [0.25, 0.3) is 0 Å². The summed E-state index contributed by atoms with van der Waals surface area (Å²) in [6.07, 6.45) is 0.205. The summed E-state index contributed by atoms with van der Waals surface area (Å²) >= 11 is 12.0. The van der Waals surface area contributed by atoms with Crippen molar-refractivity contribution in [2.45, 2.75) is 25.5 Å². The zero-order chi connectivity index (χ0) is 27.8. The quantitative estimate of drug-likeness (QED) is 0.212. The number of ether oxygens (including phenoxy) is 1. The number of H-pyrrole nitrogens is 1. The highest BCUT2D eigenvalue weighted by Crippen LogP contribution is 2.36. The summed E-state index contributed by atoms with van der Waals surface area (Å²) in [5.74, 6) is -2.12. The van der Waals surface area contributed by atoms with E-state index >= 15 is 0 Å². The number of carbonyl (C=O) groups is 3. The molecule has 15 heteroatoms. The standard InChI is InChI=1S/C23H26Cl2N6O7/c1-2-38-19(34)6-16(14-4-12(24)5-15(25)20(14)35)30-18(33)10-27-21(36)11-3-17(22(37)26-7-11)31-23-28-8-13(32)9-29-23/h3-5,7,13,16,32,35H,2,6,8-10H2,1H3,(H,26,37)(H,27,36)(H,30,33)(H2,28,29,31)/t16-/m1/s1. The molecule has 0 radical (unpaired) electrons. The number of phenols is 1. The minimum absolute atomic E-state index is 0.0209. The first-order valence-electron chi connectivity index (χ1n) is 11.4. The number of rotatable bonds is 9. The van der Waals surface area contributed by atoms with Crippen molar-refractivity contribution in [3.63, 3.8) is 0 Å². The number of nitrogens with zero attached hydrogens (tertiary/aromatic N) is 1. The molecule has 0 aliphatic carbocycles. The molecule has 1 aromatic heterocycles. The number of carbonyl (C=O) groups excluding carboxylic acids is 3. The van der Waals surface area contributed by atoms with Gasteiger partial charge in [0.25, 0.3) is 11.5 Å². The van der Waals surface area contributed by atoms with Gasteiger partial charge in [0.15, 0.2) is 5.96 Å². The van der Waals surface area contributed by atoms with Gasteiger partial charge in [-0.05, 0) is 25.1 Å². The molecule has 0 bridgehead atoms. The molecule has 204 valence electrons. The molecular weight excluding hydrogens is 543 g/mol. The summed E-state index contributed by atoms with van der Waals surface area (Å²) in [4.78, 5) is 56.0. The van der Waals surface area contributed by atoms with E-state index in [2.05, 4.69) is 31.2 Å². The Hall–Kier alpha value is -3.81. The van der Waals surface area contributed by atoms with Crippen LogP contribution in [0.15, 0.2) is 34.2 Å². The van der Waals surface area contributed by atoms with E-state index in [0.717, 1.165) is 0 Å². The van der Waals surface area contributed by atoms with Crippen LogP contribution in [0.5, 0.6) is 5.75 Å². The number of halogens is 2. The molecule has 0 saturated carbocycles. The van der Waals surface area contributed by atoms with E-state index in [1.54, 1.807) is 6.92 Å². The van der Waals surface area contributed by atoms with Crippen molar-refractivity contribution in [2.24, 2.45) is 4.99 Å². The zero-order valence-electron chi connectivity index (χ0n) is 20.1. The zero-order valence-corrected chi connectivity index (χ0v) is 21.7. The van der Waals surface area contributed by atoms with Crippen LogP contribution in [0.3, 0.4) is 0 Å². The smallest absolute Gasteiger partial charge is 0.308 e. The van der Waals surface area contributed by atoms with Gasteiger partial charge in [0.05, 0.1) is 48.8 Å². The van der Waals surface area contributed by atoms with Crippen LogP contribution in [-0.2, 0) is 14.3 Å². The Balaban J connectivity index is 1.67. The summed E-state index contributed by atoms with van der Waals surface area (Å²) in [7, 11) is 0. The number of hydrogen-bond acceptors (Lipinski definition) is 10. The van der Waals surface area contributed by atoms with Crippen LogP contribution in [0.4, 0.5) is 5.69 Å². The summed E-state index contributed by atoms with van der Waals surface area (Å²) in [5.41, 5.74) is -0.360. The van der Waals surface area contributed by atoms with Gasteiger partial charge in [-0.1, -0.05) is 23.2 Å². The van der Waals surface area contributed by atoms with Gasteiger partial charge in [-0.2, -0.15) is 0 Å². The number of aromatic nitrogens is 1. The number of β-amino-alcohol motifs (C(OH)–C–C–N with tert-alkyl or cyclic N) is 1. The average molecular weight is 569 g/mol. The molecule has 0 fully saturated rings. The lowest BCUT2D eigenvalue weighted by atomic mass is 10.0. The number of aromatic hydroxyl groups is 1. The Kier molecular flexibility index (Phi) is 9.93. The number of aromatic amines is 1. The predicted octanol–water partition coefficient (Wildman–Crippen LogP) is 0.660. The first-order chi connectivity index (χ1) is 18.1. The third-order valence-corrected chi connectivity index (χ3v) is 5.74. The maximum Gasteiger partial charge on any atom is 0.308 e.